The van der Waals surface area contributed by atoms with Crippen molar-refractivity contribution in [2.75, 3.05) is 6.54 Å². The zero-order valence-corrected chi connectivity index (χ0v) is 15.8. The van der Waals surface area contributed by atoms with E-state index in [1.807, 2.05) is 26.0 Å². The Balaban J connectivity index is 1.52. The molecule has 0 aliphatic heterocycles. The van der Waals surface area contributed by atoms with Crippen molar-refractivity contribution < 1.29 is 9.18 Å². The van der Waals surface area contributed by atoms with E-state index < -0.39 is 0 Å². The molecular formula is C21H19ClFN3O. The minimum Gasteiger partial charge on any atom is -0.356 e. The Kier molecular flexibility index (Phi) is 4.40. The summed E-state index contributed by atoms with van der Waals surface area (Å²) >= 11 is 6.15. The van der Waals surface area contributed by atoms with Crippen molar-refractivity contribution in [1.82, 2.24) is 15.3 Å². The summed E-state index contributed by atoms with van der Waals surface area (Å²) in [5, 5.41) is 5.30. The van der Waals surface area contributed by atoms with Crippen LogP contribution in [0.3, 0.4) is 0 Å². The average molecular weight is 384 g/mol. The van der Waals surface area contributed by atoms with E-state index in [0.29, 0.717) is 29.2 Å². The number of halogens is 2. The molecular weight excluding hydrogens is 365 g/mol. The van der Waals surface area contributed by atoms with Gasteiger partial charge in [0.25, 0.3) is 5.91 Å². The largest absolute Gasteiger partial charge is 0.356 e. The number of carbonyl (C=O) groups is 1. The molecule has 138 valence electrons. The molecule has 4 rings (SSSR count). The first-order valence-corrected chi connectivity index (χ1v) is 9.15. The van der Waals surface area contributed by atoms with Crippen molar-refractivity contribution in [3.05, 3.63) is 69.8 Å². The summed E-state index contributed by atoms with van der Waals surface area (Å²) < 4.78 is 14.0. The molecule has 3 N–H and O–H groups in total. The summed E-state index contributed by atoms with van der Waals surface area (Å²) in [6.07, 6.45) is 0.614. The zero-order chi connectivity index (χ0) is 19.1. The standard InChI is InChI=1S/C21H19ClFN3O/c1-11-6-7-16(23)20-18(11)14(12(2)25-20)8-9-24-21(27)17-10-13-4-3-5-15(22)19(13)26-17/h3-7,10,25-26H,8-9H2,1-2H3,(H,24,27). The molecule has 2 aromatic carbocycles. The van der Waals surface area contributed by atoms with Crippen molar-refractivity contribution in [2.24, 2.45) is 0 Å². The highest BCUT2D eigenvalue weighted by atomic mass is 35.5. The van der Waals surface area contributed by atoms with Gasteiger partial charge in [0.1, 0.15) is 11.5 Å². The highest BCUT2D eigenvalue weighted by Crippen LogP contribution is 2.28. The van der Waals surface area contributed by atoms with Crippen LogP contribution in [0.5, 0.6) is 0 Å². The highest BCUT2D eigenvalue weighted by molar-refractivity contribution is 6.35. The van der Waals surface area contributed by atoms with Crippen LogP contribution in [0, 0.1) is 19.7 Å². The van der Waals surface area contributed by atoms with Crippen molar-refractivity contribution in [3.8, 4) is 0 Å². The molecule has 2 heterocycles. The molecule has 2 aromatic heterocycles. The maximum absolute atomic E-state index is 14.0. The van der Waals surface area contributed by atoms with Crippen LogP contribution in [0.2, 0.25) is 5.02 Å². The van der Waals surface area contributed by atoms with Gasteiger partial charge in [-0.15, -0.1) is 0 Å². The molecule has 0 unspecified atom stereocenters. The second-order valence-corrected chi connectivity index (χ2v) is 7.14. The van der Waals surface area contributed by atoms with Crippen LogP contribution in [-0.4, -0.2) is 22.4 Å². The second kappa shape index (κ2) is 6.74. The summed E-state index contributed by atoms with van der Waals surface area (Å²) in [5.41, 5.74) is 4.71. The number of aromatic amines is 2. The van der Waals surface area contributed by atoms with E-state index in [0.717, 1.165) is 33.1 Å². The first kappa shape index (κ1) is 17.6. The van der Waals surface area contributed by atoms with Crippen LogP contribution in [0.4, 0.5) is 4.39 Å². The fourth-order valence-electron chi connectivity index (χ4n) is 3.59. The third kappa shape index (κ3) is 3.08. The number of H-pyrrole nitrogens is 2. The Bertz CT molecular complexity index is 1180. The molecule has 4 aromatic rings. The van der Waals surface area contributed by atoms with Crippen LogP contribution >= 0.6 is 11.6 Å². The van der Waals surface area contributed by atoms with Crippen molar-refractivity contribution in [3.63, 3.8) is 0 Å². The van der Waals surface area contributed by atoms with Crippen LogP contribution in [0.1, 0.15) is 27.3 Å². The van der Waals surface area contributed by atoms with Crippen molar-refractivity contribution in [2.45, 2.75) is 20.3 Å². The average Bonchev–Trinajstić information content (AvgIpc) is 3.22. The molecule has 0 aliphatic rings. The quantitative estimate of drug-likeness (QED) is 0.454. The van der Waals surface area contributed by atoms with Gasteiger partial charge in [0.15, 0.2) is 0 Å². The van der Waals surface area contributed by atoms with E-state index in [4.69, 9.17) is 11.6 Å². The highest BCUT2D eigenvalue weighted by Gasteiger charge is 2.15. The molecule has 6 heteroatoms. The van der Waals surface area contributed by atoms with Gasteiger partial charge < -0.3 is 15.3 Å². The Morgan fingerprint density at radius 1 is 1.15 bits per heavy atom. The molecule has 0 saturated carbocycles. The topological polar surface area (TPSA) is 60.7 Å². The van der Waals surface area contributed by atoms with Crippen molar-refractivity contribution >= 4 is 39.3 Å². The lowest BCUT2D eigenvalue weighted by Gasteiger charge is -2.06. The first-order valence-electron chi connectivity index (χ1n) is 8.77. The molecule has 27 heavy (non-hydrogen) atoms. The van der Waals surface area contributed by atoms with Crippen LogP contribution < -0.4 is 5.32 Å². The summed E-state index contributed by atoms with van der Waals surface area (Å²) in [6.45, 7) is 4.34. The SMILES string of the molecule is Cc1[nH]c2c(F)ccc(C)c2c1CCNC(=O)c1cc2cccc(Cl)c2[nH]1. The summed E-state index contributed by atoms with van der Waals surface area (Å²) in [6, 6.07) is 10.6. The smallest absolute Gasteiger partial charge is 0.267 e. The number of amides is 1. The number of nitrogens with one attached hydrogen (secondary N) is 3. The lowest BCUT2D eigenvalue weighted by Crippen LogP contribution is -2.26. The third-order valence-electron chi connectivity index (χ3n) is 4.94. The number of rotatable bonds is 4. The van der Waals surface area contributed by atoms with E-state index >= 15 is 0 Å². The predicted molar refractivity (Wildman–Crippen MR) is 107 cm³/mol. The molecule has 0 fully saturated rings. The van der Waals surface area contributed by atoms with Gasteiger partial charge in [-0.2, -0.15) is 0 Å². The molecule has 1 amide bonds. The minimum absolute atomic E-state index is 0.192. The summed E-state index contributed by atoms with van der Waals surface area (Å²) in [5.74, 6) is -0.452. The zero-order valence-electron chi connectivity index (χ0n) is 15.0. The van der Waals surface area contributed by atoms with Gasteiger partial charge in [-0.1, -0.05) is 29.8 Å². The number of benzene rings is 2. The molecule has 4 nitrogen and oxygen atoms in total. The van der Waals surface area contributed by atoms with Gasteiger partial charge in [-0.25, -0.2) is 4.39 Å². The lowest BCUT2D eigenvalue weighted by molar-refractivity contribution is 0.0950. The third-order valence-corrected chi connectivity index (χ3v) is 5.26. The van der Waals surface area contributed by atoms with Gasteiger partial charge in [0, 0.05) is 23.0 Å². The van der Waals surface area contributed by atoms with Gasteiger partial charge in [0.2, 0.25) is 0 Å². The van der Waals surface area contributed by atoms with E-state index in [1.54, 1.807) is 18.2 Å². The number of hydrogen-bond acceptors (Lipinski definition) is 1. The Morgan fingerprint density at radius 3 is 2.74 bits per heavy atom. The van der Waals surface area contributed by atoms with Gasteiger partial charge in [-0.3, -0.25) is 4.79 Å². The number of hydrogen-bond donors (Lipinski definition) is 3. The number of aromatic nitrogens is 2. The number of carbonyl (C=O) groups excluding carboxylic acids is 1. The minimum atomic E-state index is -0.260. The first-order chi connectivity index (χ1) is 13.0. The Labute approximate surface area is 160 Å². The number of aryl methyl sites for hydroxylation is 2. The maximum atomic E-state index is 14.0. The monoisotopic (exact) mass is 383 g/mol. The van der Waals surface area contributed by atoms with Crippen LogP contribution in [0.25, 0.3) is 21.8 Å². The van der Waals surface area contributed by atoms with Gasteiger partial charge in [-0.05, 0) is 49.6 Å². The van der Waals surface area contributed by atoms with E-state index in [1.165, 1.54) is 6.07 Å². The maximum Gasteiger partial charge on any atom is 0.267 e. The molecule has 0 aliphatic carbocycles. The molecule has 0 saturated heterocycles. The number of para-hydroxylation sites is 1. The second-order valence-electron chi connectivity index (χ2n) is 6.74. The van der Waals surface area contributed by atoms with Crippen LogP contribution in [-0.2, 0) is 6.42 Å². The molecule has 0 radical (unpaired) electrons. The normalized spacial score (nSPS) is 11.4. The van der Waals surface area contributed by atoms with Crippen molar-refractivity contribution in [1.29, 1.82) is 0 Å². The molecule has 0 spiro atoms. The van der Waals surface area contributed by atoms with E-state index in [9.17, 15) is 9.18 Å². The molecule has 0 bridgehead atoms. The summed E-state index contributed by atoms with van der Waals surface area (Å²) in [4.78, 5) is 18.7. The van der Waals surface area contributed by atoms with Crippen LogP contribution in [0.15, 0.2) is 36.4 Å². The predicted octanol–water partition coefficient (Wildman–Crippen LogP) is 5.03. The van der Waals surface area contributed by atoms with E-state index in [-0.39, 0.29) is 11.7 Å². The van der Waals surface area contributed by atoms with E-state index in [2.05, 4.69) is 15.3 Å². The molecule has 0 atom stereocenters. The number of fused-ring (bicyclic) bond motifs is 2. The van der Waals surface area contributed by atoms with Gasteiger partial charge in [0.05, 0.1) is 16.1 Å². The fraction of sp³-hybridized carbons (Fsp3) is 0.190. The Hall–Kier alpha value is -2.79. The fourth-order valence-corrected chi connectivity index (χ4v) is 3.82. The summed E-state index contributed by atoms with van der Waals surface area (Å²) in [7, 11) is 0. The van der Waals surface area contributed by atoms with Gasteiger partial charge >= 0.3 is 0 Å². The lowest BCUT2D eigenvalue weighted by atomic mass is 10.0. The Morgan fingerprint density at radius 2 is 1.96 bits per heavy atom.